The van der Waals surface area contributed by atoms with Gasteiger partial charge in [0.1, 0.15) is 5.70 Å². The first-order chi connectivity index (χ1) is 22.3. The minimum atomic E-state index is -0.564. The second kappa shape index (κ2) is 14.5. The lowest BCUT2D eigenvalue weighted by atomic mass is 10.1. The molecule has 0 unspecified atom stereocenters. The smallest absolute Gasteiger partial charge is 0.272 e. The van der Waals surface area contributed by atoms with Crippen molar-refractivity contribution >= 4 is 47.2 Å². The number of hydrogen-bond acceptors (Lipinski definition) is 8. The molecule has 0 saturated carbocycles. The van der Waals surface area contributed by atoms with Gasteiger partial charge >= 0.3 is 0 Å². The van der Waals surface area contributed by atoms with Crippen molar-refractivity contribution in [3.05, 3.63) is 119 Å². The number of ether oxygens (including phenoxy) is 3. The fraction of sp³-hybridized carbons (Fsp3) is 0.143. The van der Waals surface area contributed by atoms with Gasteiger partial charge in [0, 0.05) is 28.4 Å². The summed E-state index contributed by atoms with van der Waals surface area (Å²) in [6.07, 6.45) is 1.52. The molecule has 46 heavy (non-hydrogen) atoms. The second-order valence-corrected chi connectivity index (χ2v) is 11.1. The molecule has 11 heteroatoms. The predicted molar refractivity (Wildman–Crippen MR) is 176 cm³/mol. The molecule has 0 aliphatic carbocycles. The van der Waals surface area contributed by atoms with Crippen LogP contribution in [0.3, 0.4) is 0 Å². The highest BCUT2D eigenvalue weighted by Gasteiger charge is 2.34. The Balaban J connectivity index is 1.33. The highest BCUT2D eigenvalue weighted by atomic mass is 32.2. The minimum absolute atomic E-state index is 0.0215. The van der Waals surface area contributed by atoms with Gasteiger partial charge in [-0.2, -0.15) is 0 Å². The Bertz CT molecular complexity index is 1760. The molecule has 2 N–H and O–H groups in total. The van der Waals surface area contributed by atoms with Crippen LogP contribution in [0.15, 0.2) is 102 Å². The third kappa shape index (κ3) is 7.05. The zero-order valence-electron chi connectivity index (χ0n) is 25.4. The van der Waals surface area contributed by atoms with Gasteiger partial charge in [0.2, 0.25) is 5.75 Å². The number of amides is 4. The molecule has 0 atom stereocenters. The average molecular weight is 638 g/mol. The lowest BCUT2D eigenvalue weighted by Crippen LogP contribution is -2.31. The maximum atomic E-state index is 13.6. The lowest BCUT2D eigenvalue weighted by Gasteiger charge is -2.15. The maximum Gasteiger partial charge on any atom is 0.272 e. The Morgan fingerprint density at radius 3 is 2.02 bits per heavy atom. The van der Waals surface area contributed by atoms with Crippen molar-refractivity contribution in [3.8, 4) is 17.2 Å². The molecule has 0 aromatic heterocycles. The summed E-state index contributed by atoms with van der Waals surface area (Å²) in [7, 11) is 4.46. The number of nitrogens with zero attached hydrogens (tertiary/aromatic N) is 1. The third-order valence-corrected chi connectivity index (χ3v) is 8.05. The Morgan fingerprint density at radius 2 is 1.41 bits per heavy atom. The molecule has 5 rings (SSSR count). The second-order valence-electron chi connectivity index (χ2n) is 9.97. The van der Waals surface area contributed by atoms with Gasteiger partial charge in [-0.05, 0) is 66.2 Å². The molecule has 4 aromatic carbocycles. The third-order valence-electron chi connectivity index (χ3n) is 7.08. The fourth-order valence-corrected chi connectivity index (χ4v) is 5.75. The van der Waals surface area contributed by atoms with Crippen LogP contribution in [-0.4, -0.2) is 62.2 Å². The molecule has 1 aliphatic rings. The van der Waals surface area contributed by atoms with Crippen LogP contribution < -0.4 is 24.8 Å². The van der Waals surface area contributed by atoms with Gasteiger partial charge in [0.25, 0.3) is 23.6 Å². The van der Waals surface area contributed by atoms with E-state index >= 15 is 0 Å². The van der Waals surface area contributed by atoms with Crippen LogP contribution in [0, 0.1) is 0 Å². The zero-order valence-corrected chi connectivity index (χ0v) is 26.2. The average Bonchev–Trinajstić information content (AvgIpc) is 3.32. The number of anilines is 1. The van der Waals surface area contributed by atoms with Crippen molar-refractivity contribution in [2.45, 2.75) is 4.90 Å². The quantitative estimate of drug-likeness (QED) is 0.118. The number of benzene rings is 4. The molecule has 234 valence electrons. The first-order valence-electron chi connectivity index (χ1n) is 14.2. The Hall–Kier alpha value is -5.55. The maximum absolute atomic E-state index is 13.6. The van der Waals surface area contributed by atoms with Crippen LogP contribution in [0.2, 0.25) is 0 Å². The highest BCUT2D eigenvalue weighted by Crippen LogP contribution is 2.38. The summed E-state index contributed by atoms with van der Waals surface area (Å²) in [4.78, 5) is 54.2. The normalized spacial score (nSPS) is 12.4. The highest BCUT2D eigenvalue weighted by molar-refractivity contribution is 7.99. The molecule has 4 aromatic rings. The molecule has 4 amide bonds. The van der Waals surface area contributed by atoms with Gasteiger partial charge in [-0.3, -0.25) is 24.1 Å². The van der Waals surface area contributed by atoms with E-state index in [1.807, 2.05) is 6.07 Å². The summed E-state index contributed by atoms with van der Waals surface area (Å²) in [5, 5.41) is 5.58. The SMILES string of the molecule is COc1cc(/C=C(/NC(=O)c2ccccc2)C(=O)Nc2cccc(SCCN3C(=O)c4ccccc4C3=O)c2)cc(OC)c1OC. The summed E-state index contributed by atoms with van der Waals surface area (Å²) < 4.78 is 16.3. The summed E-state index contributed by atoms with van der Waals surface area (Å²) >= 11 is 1.44. The Morgan fingerprint density at radius 1 is 0.783 bits per heavy atom. The molecular weight excluding hydrogens is 606 g/mol. The Kier molecular flexibility index (Phi) is 10.0. The molecule has 1 heterocycles. The predicted octanol–water partition coefficient (Wildman–Crippen LogP) is 5.51. The van der Waals surface area contributed by atoms with Crippen molar-refractivity contribution in [3.63, 3.8) is 0 Å². The summed E-state index contributed by atoms with van der Waals surface area (Å²) in [5.41, 5.74) is 2.19. The first kappa shape index (κ1) is 31.9. The van der Waals surface area contributed by atoms with Crippen LogP contribution in [0.25, 0.3) is 6.08 Å². The van der Waals surface area contributed by atoms with Crippen molar-refractivity contribution in [1.82, 2.24) is 10.2 Å². The van der Waals surface area contributed by atoms with Crippen molar-refractivity contribution in [1.29, 1.82) is 0 Å². The Labute approximate surface area is 270 Å². The van der Waals surface area contributed by atoms with E-state index < -0.39 is 11.8 Å². The van der Waals surface area contributed by atoms with E-state index in [1.54, 1.807) is 84.9 Å². The van der Waals surface area contributed by atoms with E-state index in [0.29, 0.717) is 50.9 Å². The lowest BCUT2D eigenvalue weighted by molar-refractivity contribution is -0.113. The van der Waals surface area contributed by atoms with Crippen molar-refractivity contribution in [2.24, 2.45) is 0 Å². The van der Waals surface area contributed by atoms with Crippen LogP contribution in [0.4, 0.5) is 5.69 Å². The van der Waals surface area contributed by atoms with Gasteiger partial charge in [0.05, 0.1) is 32.5 Å². The van der Waals surface area contributed by atoms with Crippen LogP contribution in [-0.2, 0) is 4.79 Å². The van der Waals surface area contributed by atoms with E-state index in [-0.39, 0.29) is 24.1 Å². The van der Waals surface area contributed by atoms with E-state index in [1.165, 1.54) is 44.1 Å². The number of nitrogens with one attached hydrogen (secondary N) is 2. The molecule has 0 bridgehead atoms. The summed E-state index contributed by atoms with van der Waals surface area (Å²) in [6.45, 7) is 0.237. The topological polar surface area (TPSA) is 123 Å². The van der Waals surface area contributed by atoms with Gasteiger partial charge < -0.3 is 24.8 Å². The van der Waals surface area contributed by atoms with E-state index in [9.17, 15) is 19.2 Å². The number of carbonyl (C=O) groups excluding carboxylic acids is 4. The van der Waals surface area contributed by atoms with E-state index in [0.717, 1.165) is 4.90 Å². The molecule has 1 aliphatic heterocycles. The number of fused-ring (bicyclic) bond motifs is 1. The minimum Gasteiger partial charge on any atom is -0.493 e. The van der Waals surface area contributed by atoms with Crippen LogP contribution in [0.1, 0.15) is 36.6 Å². The first-order valence-corrected chi connectivity index (χ1v) is 15.2. The van der Waals surface area contributed by atoms with Gasteiger partial charge in [-0.25, -0.2) is 0 Å². The molecular formula is C35H31N3O7S. The van der Waals surface area contributed by atoms with Crippen LogP contribution in [0.5, 0.6) is 17.2 Å². The van der Waals surface area contributed by atoms with Gasteiger partial charge in [-0.15, -0.1) is 11.8 Å². The number of carbonyl (C=O) groups is 4. The molecule has 0 saturated heterocycles. The van der Waals surface area contributed by atoms with Crippen molar-refractivity contribution in [2.75, 3.05) is 38.9 Å². The van der Waals surface area contributed by atoms with E-state index in [2.05, 4.69) is 10.6 Å². The molecule has 0 fully saturated rings. The molecule has 0 radical (unpaired) electrons. The monoisotopic (exact) mass is 637 g/mol. The van der Waals surface area contributed by atoms with E-state index in [4.69, 9.17) is 14.2 Å². The zero-order chi connectivity index (χ0) is 32.6. The standard InChI is InChI=1S/C35H31N3O7S/c1-43-29-19-22(20-30(44-2)31(29)45-3)18-28(37-32(39)23-10-5-4-6-11-23)33(40)36-24-12-9-13-25(21-24)46-17-16-38-34(41)26-14-7-8-15-27(26)35(38)42/h4-15,18-21H,16-17H2,1-3H3,(H,36,40)(H,37,39)/b28-18+. The van der Waals surface area contributed by atoms with Gasteiger partial charge in [0.15, 0.2) is 11.5 Å². The number of thioether (sulfide) groups is 1. The summed E-state index contributed by atoms with van der Waals surface area (Å²) in [6, 6.07) is 25.8. The molecule has 10 nitrogen and oxygen atoms in total. The number of imide groups is 1. The summed E-state index contributed by atoms with van der Waals surface area (Å²) in [5.74, 6) is -0.0157. The van der Waals surface area contributed by atoms with Crippen molar-refractivity contribution < 1.29 is 33.4 Å². The van der Waals surface area contributed by atoms with Crippen LogP contribution >= 0.6 is 11.8 Å². The fourth-order valence-electron chi connectivity index (χ4n) is 4.85. The number of rotatable bonds is 12. The number of methoxy groups -OCH3 is 3. The van der Waals surface area contributed by atoms with Gasteiger partial charge in [-0.1, -0.05) is 36.4 Å². The molecule has 0 spiro atoms. The largest absolute Gasteiger partial charge is 0.493 e. The number of hydrogen-bond donors (Lipinski definition) is 2.